The van der Waals surface area contributed by atoms with Gasteiger partial charge in [0, 0.05) is 0 Å². The van der Waals surface area contributed by atoms with Crippen LogP contribution in [0.2, 0.25) is 0 Å². The zero-order chi connectivity index (χ0) is 15.6. The number of hydrogen-bond donors (Lipinski definition) is 1. The zero-order valence-electron chi connectivity index (χ0n) is 11.7. The van der Waals surface area contributed by atoms with Crippen LogP contribution >= 0.6 is 11.3 Å². The minimum atomic E-state index is -1.23. The van der Waals surface area contributed by atoms with Gasteiger partial charge in [-0.25, -0.2) is 5.43 Å². The average molecular weight is 305 g/mol. The maximum absolute atomic E-state index is 11.9. The molecule has 0 unspecified atom stereocenters. The minimum absolute atomic E-state index is 0.118. The first-order valence-corrected chi connectivity index (χ1v) is 6.93. The van der Waals surface area contributed by atoms with Crippen molar-refractivity contribution in [3.63, 3.8) is 0 Å². The van der Waals surface area contributed by atoms with Gasteiger partial charge in [-0.15, -0.1) is 11.3 Å². The Hall–Kier alpha value is -2.41. The normalized spacial score (nSPS) is 11.5. The van der Waals surface area contributed by atoms with E-state index in [-0.39, 0.29) is 10.8 Å². The number of rotatable bonds is 4. The van der Waals surface area contributed by atoms with E-state index in [0.717, 1.165) is 11.3 Å². The van der Waals surface area contributed by atoms with Gasteiger partial charge in [0.1, 0.15) is 11.5 Å². The van der Waals surface area contributed by atoms with Gasteiger partial charge in [0.2, 0.25) is 0 Å². The number of aryl methyl sites for hydroxylation is 2. The van der Waals surface area contributed by atoms with Crippen LogP contribution < -0.4 is 10.5 Å². The van der Waals surface area contributed by atoms with E-state index in [4.69, 9.17) is 4.42 Å². The summed E-state index contributed by atoms with van der Waals surface area (Å²) >= 11 is 1.04. The number of thiophene rings is 1. The van der Waals surface area contributed by atoms with Gasteiger partial charge in [0.25, 0.3) is 5.91 Å². The van der Waals surface area contributed by atoms with Crippen LogP contribution in [0.15, 0.2) is 27.7 Å². The highest BCUT2D eigenvalue weighted by atomic mass is 32.1. The van der Waals surface area contributed by atoms with E-state index in [9.17, 15) is 14.7 Å². The van der Waals surface area contributed by atoms with E-state index in [2.05, 4.69) is 10.5 Å². The fourth-order valence-electron chi connectivity index (χ4n) is 1.75. The molecule has 2 rings (SSSR count). The summed E-state index contributed by atoms with van der Waals surface area (Å²) in [7, 11) is 0. The lowest BCUT2D eigenvalue weighted by Gasteiger charge is -2.00. The molecular formula is C14H13N2O4S-. The van der Waals surface area contributed by atoms with E-state index in [0.29, 0.717) is 27.7 Å². The number of amides is 1. The Kier molecular flexibility index (Phi) is 4.23. The summed E-state index contributed by atoms with van der Waals surface area (Å²) < 4.78 is 5.28. The second-order valence-corrected chi connectivity index (χ2v) is 5.50. The van der Waals surface area contributed by atoms with Gasteiger partial charge in [-0.2, -0.15) is 5.10 Å². The Bertz CT molecular complexity index is 727. The predicted octanol–water partition coefficient (Wildman–Crippen LogP) is 1.48. The monoisotopic (exact) mass is 305 g/mol. The van der Waals surface area contributed by atoms with Crippen LogP contribution in [0.5, 0.6) is 0 Å². The van der Waals surface area contributed by atoms with Crippen molar-refractivity contribution < 1.29 is 19.1 Å². The van der Waals surface area contributed by atoms with Gasteiger partial charge in [-0.1, -0.05) is 0 Å². The van der Waals surface area contributed by atoms with Crippen LogP contribution in [0.1, 0.15) is 43.4 Å². The molecule has 0 radical (unpaired) electrons. The van der Waals surface area contributed by atoms with Crippen molar-refractivity contribution in [1.29, 1.82) is 0 Å². The molecule has 0 aromatic carbocycles. The van der Waals surface area contributed by atoms with Gasteiger partial charge in [0.05, 0.1) is 27.0 Å². The number of hydrogen-bond acceptors (Lipinski definition) is 6. The molecule has 0 saturated carbocycles. The third-order valence-corrected chi connectivity index (χ3v) is 3.95. The molecule has 0 aliphatic rings. The fraction of sp³-hybridized carbons (Fsp3) is 0.214. The smallest absolute Gasteiger partial charge is 0.274 e. The van der Waals surface area contributed by atoms with E-state index in [1.807, 2.05) is 0 Å². The van der Waals surface area contributed by atoms with Crippen LogP contribution in [0, 0.1) is 13.8 Å². The fourth-order valence-corrected chi connectivity index (χ4v) is 2.53. The Morgan fingerprint density at radius 1 is 1.29 bits per heavy atom. The number of carbonyl (C=O) groups excluding carboxylic acids is 2. The number of furan rings is 1. The number of carboxylic acids is 1. The van der Waals surface area contributed by atoms with Crippen molar-refractivity contribution in [2.24, 2.45) is 5.10 Å². The highest BCUT2D eigenvalue weighted by Gasteiger charge is 2.13. The van der Waals surface area contributed by atoms with Crippen LogP contribution in [-0.4, -0.2) is 17.6 Å². The number of nitrogens with zero attached hydrogens (tertiary/aromatic N) is 1. The molecule has 7 heteroatoms. The molecule has 0 aliphatic heterocycles. The summed E-state index contributed by atoms with van der Waals surface area (Å²) in [6.45, 7) is 5.13. The molecule has 0 saturated heterocycles. The average Bonchev–Trinajstić information content (AvgIpc) is 3.02. The van der Waals surface area contributed by atoms with Gasteiger partial charge in [0.15, 0.2) is 0 Å². The lowest BCUT2D eigenvalue weighted by Crippen LogP contribution is -2.20. The summed E-state index contributed by atoms with van der Waals surface area (Å²) in [4.78, 5) is 23.4. The third kappa shape index (κ3) is 3.38. The molecule has 2 heterocycles. The number of carbonyl (C=O) groups is 2. The molecule has 0 bridgehead atoms. The van der Waals surface area contributed by atoms with Gasteiger partial charge >= 0.3 is 0 Å². The molecule has 0 atom stereocenters. The third-order valence-electron chi connectivity index (χ3n) is 2.77. The summed E-state index contributed by atoms with van der Waals surface area (Å²) in [5, 5.41) is 14.7. The standard InChI is InChI=1S/C14H14N2O4S/c1-7-6-10(9(3)20-7)13(17)16-15-8(2)11-4-5-12(21-11)14(18)19/h4-6H,1-3H3,(H,16,17)(H,18,19)/p-1/b15-8-. The highest BCUT2D eigenvalue weighted by Crippen LogP contribution is 2.17. The lowest BCUT2D eigenvalue weighted by molar-refractivity contribution is -0.254. The Labute approximate surface area is 125 Å². The highest BCUT2D eigenvalue weighted by molar-refractivity contribution is 7.15. The summed E-state index contributed by atoms with van der Waals surface area (Å²) in [5.74, 6) is -0.434. The topological polar surface area (TPSA) is 94.7 Å². The summed E-state index contributed by atoms with van der Waals surface area (Å²) in [6.07, 6.45) is 0. The van der Waals surface area contributed by atoms with Crippen LogP contribution in [0.3, 0.4) is 0 Å². The van der Waals surface area contributed by atoms with E-state index in [1.54, 1.807) is 32.9 Å². The van der Waals surface area contributed by atoms with Crippen molar-refractivity contribution in [3.05, 3.63) is 45.0 Å². The molecular weight excluding hydrogens is 292 g/mol. The SMILES string of the molecule is C/C(=N/NC(=O)c1cc(C)oc1C)c1ccc(C(=O)[O-])s1. The first-order chi connectivity index (χ1) is 9.88. The zero-order valence-corrected chi connectivity index (χ0v) is 12.5. The maximum Gasteiger partial charge on any atom is 0.274 e. The second-order valence-electron chi connectivity index (χ2n) is 4.42. The lowest BCUT2D eigenvalue weighted by atomic mass is 10.2. The number of carboxylic acid groups (broad SMARTS) is 1. The first-order valence-electron chi connectivity index (χ1n) is 6.11. The van der Waals surface area contributed by atoms with Crippen LogP contribution in [0.25, 0.3) is 0 Å². The molecule has 2 aromatic heterocycles. The summed E-state index contributed by atoms with van der Waals surface area (Å²) in [6, 6.07) is 4.70. The quantitative estimate of drug-likeness (QED) is 0.683. The molecule has 110 valence electrons. The number of nitrogens with one attached hydrogen (secondary N) is 1. The van der Waals surface area contributed by atoms with Gasteiger partial charge in [-0.05, 0) is 39.0 Å². The molecule has 21 heavy (non-hydrogen) atoms. The molecule has 6 nitrogen and oxygen atoms in total. The largest absolute Gasteiger partial charge is 0.544 e. The predicted molar refractivity (Wildman–Crippen MR) is 76.5 cm³/mol. The molecule has 1 amide bonds. The van der Waals surface area contributed by atoms with Crippen LogP contribution in [0.4, 0.5) is 0 Å². The second kappa shape index (κ2) is 5.92. The van der Waals surface area contributed by atoms with E-state index in [1.165, 1.54) is 6.07 Å². The molecule has 0 spiro atoms. The minimum Gasteiger partial charge on any atom is -0.544 e. The molecule has 2 aromatic rings. The van der Waals surface area contributed by atoms with Crippen molar-refractivity contribution in [2.75, 3.05) is 0 Å². The Balaban J connectivity index is 2.10. The number of aromatic carboxylic acids is 1. The Morgan fingerprint density at radius 2 is 1.95 bits per heavy atom. The van der Waals surface area contributed by atoms with Crippen molar-refractivity contribution in [1.82, 2.24) is 5.43 Å². The van der Waals surface area contributed by atoms with Crippen LogP contribution in [-0.2, 0) is 0 Å². The van der Waals surface area contributed by atoms with Gasteiger partial charge in [-0.3, -0.25) is 4.79 Å². The number of hydrazone groups is 1. The van der Waals surface area contributed by atoms with E-state index >= 15 is 0 Å². The molecule has 0 fully saturated rings. The first kappa shape index (κ1) is 15.0. The molecule has 0 aliphatic carbocycles. The summed E-state index contributed by atoms with van der Waals surface area (Å²) in [5.41, 5.74) is 3.36. The van der Waals surface area contributed by atoms with Crippen molar-refractivity contribution in [3.8, 4) is 0 Å². The van der Waals surface area contributed by atoms with Crippen molar-refractivity contribution >= 4 is 28.9 Å². The van der Waals surface area contributed by atoms with Crippen molar-refractivity contribution in [2.45, 2.75) is 20.8 Å². The molecule has 1 N–H and O–H groups in total. The van der Waals surface area contributed by atoms with E-state index < -0.39 is 5.97 Å². The Morgan fingerprint density at radius 3 is 2.48 bits per heavy atom. The maximum atomic E-state index is 11.9. The van der Waals surface area contributed by atoms with Gasteiger partial charge < -0.3 is 14.3 Å².